The fourth-order valence-corrected chi connectivity index (χ4v) is 3.61. The van der Waals surface area contributed by atoms with Gasteiger partial charge in [-0.1, -0.05) is 35.5 Å². The highest BCUT2D eigenvalue weighted by atomic mass is 16.5. The van der Waals surface area contributed by atoms with Gasteiger partial charge in [0.25, 0.3) is 5.91 Å². The molecule has 4 rings (SSSR count). The molecule has 7 heteroatoms. The van der Waals surface area contributed by atoms with Crippen LogP contribution in [-0.4, -0.2) is 53.6 Å². The summed E-state index contributed by atoms with van der Waals surface area (Å²) in [5.41, 5.74) is 4.66. The number of likely N-dealkylation sites (N-methyl/N-ethyl adjacent to an activating group) is 1. The van der Waals surface area contributed by atoms with Gasteiger partial charge in [0.1, 0.15) is 5.52 Å². The quantitative estimate of drug-likeness (QED) is 0.425. The number of carbonyl (C=O) groups is 1. The van der Waals surface area contributed by atoms with E-state index in [-0.39, 0.29) is 5.91 Å². The minimum absolute atomic E-state index is 0.0109. The number of para-hydroxylation sites is 1. The Morgan fingerprint density at radius 3 is 2.41 bits per heavy atom. The summed E-state index contributed by atoms with van der Waals surface area (Å²) in [6.07, 6.45) is 0.722. The van der Waals surface area contributed by atoms with Crippen LogP contribution in [0.2, 0.25) is 0 Å². The van der Waals surface area contributed by atoms with E-state index in [2.05, 4.69) is 10.3 Å². The van der Waals surface area contributed by atoms with E-state index in [4.69, 9.17) is 9.47 Å². The number of amides is 1. The number of rotatable bonds is 8. The lowest BCUT2D eigenvalue weighted by Crippen LogP contribution is -2.28. The molecular weight excluding hydrogens is 404 g/mol. The Labute approximate surface area is 187 Å². The van der Waals surface area contributed by atoms with Gasteiger partial charge in [-0.25, -0.2) is 4.68 Å². The number of carbonyl (C=O) groups excluding carboxylic acids is 1. The van der Waals surface area contributed by atoms with Crippen molar-refractivity contribution in [2.75, 3.05) is 27.8 Å². The fraction of sp³-hybridized carbons (Fsp3) is 0.240. The summed E-state index contributed by atoms with van der Waals surface area (Å²) in [6.45, 7) is 1.20. The van der Waals surface area contributed by atoms with Crippen molar-refractivity contribution in [3.05, 3.63) is 83.4 Å². The zero-order chi connectivity index (χ0) is 22.5. The number of ether oxygens (including phenoxy) is 2. The van der Waals surface area contributed by atoms with E-state index in [1.54, 1.807) is 19.1 Å². The highest BCUT2D eigenvalue weighted by Gasteiger charge is 2.13. The molecule has 1 aromatic heterocycles. The molecule has 0 aliphatic heterocycles. The molecule has 0 saturated heterocycles. The van der Waals surface area contributed by atoms with Crippen LogP contribution in [0.3, 0.4) is 0 Å². The average Bonchev–Trinajstić information content (AvgIpc) is 3.25. The summed E-state index contributed by atoms with van der Waals surface area (Å²) in [6, 6.07) is 21.3. The van der Waals surface area contributed by atoms with Crippen molar-refractivity contribution >= 4 is 16.9 Å². The van der Waals surface area contributed by atoms with Crippen molar-refractivity contribution in [2.24, 2.45) is 0 Å². The predicted octanol–water partition coefficient (Wildman–Crippen LogP) is 3.81. The molecule has 1 heterocycles. The van der Waals surface area contributed by atoms with Gasteiger partial charge >= 0.3 is 0 Å². The number of nitrogens with zero attached hydrogens (tertiary/aromatic N) is 4. The number of benzene rings is 3. The summed E-state index contributed by atoms with van der Waals surface area (Å²) in [5, 5.41) is 8.41. The van der Waals surface area contributed by atoms with Gasteiger partial charge in [0.05, 0.1) is 26.3 Å². The van der Waals surface area contributed by atoms with Crippen molar-refractivity contribution in [3.63, 3.8) is 0 Å². The minimum Gasteiger partial charge on any atom is -0.493 e. The highest BCUT2D eigenvalue weighted by molar-refractivity contribution is 5.94. The molecule has 0 atom stereocenters. The molecule has 0 radical (unpaired) electrons. The third-order valence-corrected chi connectivity index (χ3v) is 5.48. The SMILES string of the molecule is COc1ccc(CCN(C)C(=O)c2ccc(Cn3nnc4ccccc43)cc2)cc1OC. The molecule has 4 aromatic rings. The Balaban J connectivity index is 1.37. The maximum Gasteiger partial charge on any atom is 0.253 e. The van der Waals surface area contributed by atoms with Crippen LogP contribution in [0.4, 0.5) is 0 Å². The molecule has 7 nitrogen and oxygen atoms in total. The molecule has 0 N–H and O–H groups in total. The Bertz CT molecular complexity index is 1220. The summed E-state index contributed by atoms with van der Waals surface area (Å²) < 4.78 is 12.5. The van der Waals surface area contributed by atoms with Crippen molar-refractivity contribution in [1.29, 1.82) is 0 Å². The van der Waals surface area contributed by atoms with E-state index in [1.165, 1.54) is 0 Å². The molecular formula is C25H26N4O3. The standard InChI is InChI=1S/C25H26N4O3/c1-28(15-14-18-10-13-23(31-2)24(16-18)32-3)25(30)20-11-8-19(9-12-20)17-29-22-7-5-4-6-21(22)26-27-29/h4-13,16H,14-15,17H2,1-3H3. The second kappa shape index (κ2) is 9.51. The number of fused-ring (bicyclic) bond motifs is 1. The van der Waals surface area contributed by atoms with Crippen LogP contribution in [-0.2, 0) is 13.0 Å². The molecule has 3 aromatic carbocycles. The lowest BCUT2D eigenvalue weighted by Gasteiger charge is -2.18. The first-order chi connectivity index (χ1) is 15.6. The molecule has 0 spiro atoms. The van der Waals surface area contributed by atoms with Crippen LogP contribution < -0.4 is 9.47 Å². The van der Waals surface area contributed by atoms with Gasteiger partial charge in [-0.15, -0.1) is 5.10 Å². The number of hydrogen-bond acceptors (Lipinski definition) is 5. The number of methoxy groups -OCH3 is 2. The van der Waals surface area contributed by atoms with E-state index < -0.39 is 0 Å². The largest absolute Gasteiger partial charge is 0.493 e. The van der Waals surface area contributed by atoms with Crippen LogP contribution in [0.1, 0.15) is 21.5 Å². The average molecular weight is 431 g/mol. The number of hydrogen-bond donors (Lipinski definition) is 0. The molecule has 0 aliphatic rings. The zero-order valence-corrected chi connectivity index (χ0v) is 18.5. The smallest absolute Gasteiger partial charge is 0.253 e. The Morgan fingerprint density at radius 1 is 0.938 bits per heavy atom. The molecule has 32 heavy (non-hydrogen) atoms. The molecule has 0 bridgehead atoms. The first kappa shape index (κ1) is 21.4. The zero-order valence-electron chi connectivity index (χ0n) is 18.5. The lowest BCUT2D eigenvalue weighted by atomic mass is 10.1. The fourth-order valence-electron chi connectivity index (χ4n) is 3.61. The van der Waals surface area contributed by atoms with E-state index in [9.17, 15) is 4.79 Å². The van der Waals surface area contributed by atoms with Gasteiger partial charge in [0, 0.05) is 19.2 Å². The highest BCUT2D eigenvalue weighted by Crippen LogP contribution is 2.27. The molecule has 0 saturated carbocycles. The van der Waals surface area contributed by atoms with E-state index in [1.807, 2.05) is 78.5 Å². The topological polar surface area (TPSA) is 69.5 Å². The van der Waals surface area contributed by atoms with Crippen LogP contribution >= 0.6 is 0 Å². The van der Waals surface area contributed by atoms with E-state index in [0.29, 0.717) is 30.2 Å². The lowest BCUT2D eigenvalue weighted by molar-refractivity contribution is 0.0796. The Hall–Kier alpha value is -3.87. The van der Waals surface area contributed by atoms with E-state index >= 15 is 0 Å². The Morgan fingerprint density at radius 2 is 1.66 bits per heavy atom. The minimum atomic E-state index is -0.0109. The Kier molecular flexibility index (Phi) is 6.35. The van der Waals surface area contributed by atoms with Gasteiger partial charge in [-0.3, -0.25) is 4.79 Å². The summed E-state index contributed by atoms with van der Waals surface area (Å²) >= 11 is 0. The van der Waals surface area contributed by atoms with Gasteiger partial charge < -0.3 is 14.4 Å². The second-order valence-corrected chi connectivity index (χ2v) is 7.60. The van der Waals surface area contributed by atoms with Crippen molar-refractivity contribution in [2.45, 2.75) is 13.0 Å². The van der Waals surface area contributed by atoms with Gasteiger partial charge in [-0.05, 0) is 53.9 Å². The summed E-state index contributed by atoms with van der Waals surface area (Å²) in [4.78, 5) is 14.6. The third-order valence-electron chi connectivity index (χ3n) is 5.48. The summed E-state index contributed by atoms with van der Waals surface area (Å²) in [7, 11) is 5.05. The first-order valence-corrected chi connectivity index (χ1v) is 10.4. The van der Waals surface area contributed by atoms with Gasteiger partial charge in [0.15, 0.2) is 11.5 Å². The normalized spacial score (nSPS) is 10.8. The van der Waals surface area contributed by atoms with Crippen LogP contribution in [0.5, 0.6) is 11.5 Å². The van der Waals surface area contributed by atoms with Gasteiger partial charge in [-0.2, -0.15) is 0 Å². The van der Waals surface area contributed by atoms with Crippen molar-refractivity contribution in [1.82, 2.24) is 19.9 Å². The molecule has 0 aliphatic carbocycles. The van der Waals surface area contributed by atoms with E-state index in [0.717, 1.165) is 28.6 Å². The van der Waals surface area contributed by atoms with Crippen molar-refractivity contribution in [3.8, 4) is 11.5 Å². The maximum absolute atomic E-state index is 12.8. The maximum atomic E-state index is 12.8. The summed E-state index contributed by atoms with van der Waals surface area (Å²) in [5.74, 6) is 1.37. The molecule has 0 fully saturated rings. The predicted molar refractivity (Wildman–Crippen MR) is 123 cm³/mol. The molecule has 0 unspecified atom stereocenters. The van der Waals surface area contributed by atoms with Crippen LogP contribution in [0, 0.1) is 0 Å². The first-order valence-electron chi connectivity index (χ1n) is 10.4. The molecule has 1 amide bonds. The van der Waals surface area contributed by atoms with Crippen molar-refractivity contribution < 1.29 is 14.3 Å². The molecule has 164 valence electrons. The monoisotopic (exact) mass is 430 g/mol. The third kappa shape index (κ3) is 4.56. The second-order valence-electron chi connectivity index (χ2n) is 7.60. The van der Waals surface area contributed by atoms with Crippen LogP contribution in [0.25, 0.3) is 11.0 Å². The number of aromatic nitrogens is 3. The van der Waals surface area contributed by atoms with Gasteiger partial charge in [0.2, 0.25) is 0 Å². The van der Waals surface area contributed by atoms with Crippen LogP contribution in [0.15, 0.2) is 66.7 Å².